The number of carbonyl (C=O) groups is 1. The highest BCUT2D eigenvalue weighted by Crippen LogP contribution is 2.34. The molecule has 2 rings (SSSR count). The Morgan fingerprint density at radius 2 is 2.10 bits per heavy atom. The molecule has 0 aliphatic rings. The van der Waals surface area contributed by atoms with Crippen LogP contribution in [-0.4, -0.2) is 21.0 Å². The number of nitro benzene ring substituents is 1. The van der Waals surface area contributed by atoms with E-state index < -0.39 is 10.9 Å². The minimum absolute atomic E-state index is 0.0408. The van der Waals surface area contributed by atoms with Crippen molar-refractivity contribution in [1.82, 2.24) is 4.98 Å². The molecule has 0 saturated carbocycles. The molecule has 0 amide bonds. The minimum atomic E-state index is -1.24. The van der Waals surface area contributed by atoms with E-state index in [4.69, 9.17) is 9.52 Å². The Hall–Kier alpha value is -2.70. The molecule has 21 heavy (non-hydrogen) atoms. The highest BCUT2D eigenvalue weighted by atomic mass is 16.6. The third kappa shape index (κ3) is 2.62. The molecular weight excluding hydrogens is 276 g/mol. The van der Waals surface area contributed by atoms with E-state index in [-0.39, 0.29) is 34.5 Å². The number of oxazole rings is 1. The van der Waals surface area contributed by atoms with Gasteiger partial charge in [0.15, 0.2) is 0 Å². The minimum Gasteiger partial charge on any atom is -0.475 e. The number of nitro groups is 1. The van der Waals surface area contributed by atoms with Crippen molar-refractivity contribution >= 4 is 11.7 Å². The van der Waals surface area contributed by atoms with Gasteiger partial charge in [-0.3, -0.25) is 10.1 Å². The fourth-order valence-corrected chi connectivity index (χ4v) is 2.07. The number of aromatic nitrogens is 1. The van der Waals surface area contributed by atoms with Gasteiger partial charge in [-0.05, 0) is 18.4 Å². The van der Waals surface area contributed by atoms with Crippen LogP contribution in [0, 0.1) is 17.0 Å². The summed E-state index contributed by atoms with van der Waals surface area (Å²) >= 11 is 0. The van der Waals surface area contributed by atoms with Gasteiger partial charge in [0.2, 0.25) is 11.7 Å². The van der Waals surface area contributed by atoms with Gasteiger partial charge >= 0.3 is 5.97 Å². The van der Waals surface area contributed by atoms with Gasteiger partial charge in [0.1, 0.15) is 5.56 Å². The van der Waals surface area contributed by atoms with Crippen LogP contribution in [-0.2, 0) is 0 Å². The zero-order chi connectivity index (χ0) is 15.7. The second-order valence-electron chi connectivity index (χ2n) is 4.92. The largest absolute Gasteiger partial charge is 0.475 e. The Labute approximate surface area is 120 Å². The Morgan fingerprint density at radius 3 is 2.57 bits per heavy atom. The molecule has 2 aromatic rings. The summed E-state index contributed by atoms with van der Waals surface area (Å²) in [6, 6.07) is 4.57. The zero-order valence-electron chi connectivity index (χ0n) is 11.8. The van der Waals surface area contributed by atoms with E-state index in [0.717, 1.165) is 0 Å². The Balaban J connectivity index is 2.71. The number of carboxylic acids is 1. The number of rotatable bonds is 4. The molecule has 0 radical (unpaired) electrons. The van der Waals surface area contributed by atoms with Gasteiger partial charge in [-0.1, -0.05) is 26.0 Å². The third-order valence-electron chi connectivity index (χ3n) is 3.06. The number of carboxylic acid groups (broad SMARTS) is 1. The molecule has 1 N–H and O–H groups in total. The molecule has 0 fully saturated rings. The topological polar surface area (TPSA) is 106 Å². The van der Waals surface area contributed by atoms with Gasteiger partial charge in [-0.2, -0.15) is 0 Å². The van der Waals surface area contributed by atoms with Crippen molar-refractivity contribution in [3.8, 4) is 11.5 Å². The first kappa shape index (κ1) is 14.7. The molecule has 110 valence electrons. The lowest BCUT2D eigenvalue weighted by molar-refractivity contribution is -0.384. The first-order valence-corrected chi connectivity index (χ1v) is 6.31. The maximum absolute atomic E-state index is 11.2. The summed E-state index contributed by atoms with van der Waals surface area (Å²) in [6.07, 6.45) is 0. The molecule has 0 atom stereocenters. The third-order valence-corrected chi connectivity index (χ3v) is 3.06. The fraction of sp³-hybridized carbons (Fsp3) is 0.286. The van der Waals surface area contributed by atoms with Crippen LogP contribution in [0.4, 0.5) is 5.69 Å². The second-order valence-corrected chi connectivity index (χ2v) is 4.92. The Kier molecular flexibility index (Phi) is 3.75. The predicted molar refractivity (Wildman–Crippen MR) is 74.4 cm³/mol. The van der Waals surface area contributed by atoms with Gasteiger partial charge in [0.05, 0.1) is 10.6 Å². The van der Waals surface area contributed by atoms with Crippen LogP contribution in [0.3, 0.4) is 0 Å². The number of nitrogens with zero attached hydrogens (tertiary/aromatic N) is 2. The number of hydrogen-bond donors (Lipinski definition) is 1. The second kappa shape index (κ2) is 5.35. The van der Waals surface area contributed by atoms with E-state index in [9.17, 15) is 14.9 Å². The van der Waals surface area contributed by atoms with Crippen LogP contribution in [0.2, 0.25) is 0 Å². The number of aromatic carboxylic acids is 1. The molecule has 1 aromatic carbocycles. The summed E-state index contributed by atoms with van der Waals surface area (Å²) < 4.78 is 5.28. The van der Waals surface area contributed by atoms with Crippen molar-refractivity contribution in [2.45, 2.75) is 26.7 Å². The maximum atomic E-state index is 11.2. The molecule has 1 heterocycles. The summed E-state index contributed by atoms with van der Waals surface area (Å²) in [5, 5.41) is 20.3. The van der Waals surface area contributed by atoms with Crippen molar-refractivity contribution < 1.29 is 19.2 Å². The van der Waals surface area contributed by atoms with Crippen LogP contribution in [0.25, 0.3) is 11.5 Å². The first-order chi connectivity index (χ1) is 9.82. The van der Waals surface area contributed by atoms with Gasteiger partial charge in [0, 0.05) is 6.07 Å². The van der Waals surface area contributed by atoms with Crippen molar-refractivity contribution in [3.63, 3.8) is 0 Å². The van der Waals surface area contributed by atoms with E-state index >= 15 is 0 Å². The zero-order valence-corrected chi connectivity index (χ0v) is 11.8. The summed E-state index contributed by atoms with van der Waals surface area (Å²) in [5.74, 6) is -1.73. The lowest BCUT2D eigenvalue weighted by Crippen LogP contribution is -2.01. The first-order valence-electron chi connectivity index (χ1n) is 6.31. The van der Waals surface area contributed by atoms with Crippen molar-refractivity contribution in [3.05, 3.63) is 45.3 Å². The van der Waals surface area contributed by atoms with Crippen molar-refractivity contribution in [2.75, 3.05) is 0 Å². The van der Waals surface area contributed by atoms with E-state index in [0.29, 0.717) is 5.56 Å². The molecule has 0 aliphatic carbocycles. The Morgan fingerprint density at radius 1 is 1.43 bits per heavy atom. The summed E-state index contributed by atoms with van der Waals surface area (Å²) in [5.41, 5.74) is 0.910. The van der Waals surface area contributed by atoms with E-state index in [2.05, 4.69) is 4.98 Å². The molecule has 7 heteroatoms. The average molecular weight is 290 g/mol. The van der Waals surface area contributed by atoms with Crippen LogP contribution < -0.4 is 0 Å². The molecule has 7 nitrogen and oxygen atoms in total. The molecular formula is C14H14N2O5. The molecule has 0 aliphatic heterocycles. The van der Waals surface area contributed by atoms with Crippen molar-refractivity contribution in [1.29, 1.82) is 0 Å². The lowest BCUT2D eigenvalue weighted by Gasteiger charge is -2.02. The monoisotopic (exact) mass is 290 g/mol. The highest BCUT2D eigenvalue weighted by Gasteiger charge is 2.27. The fourth-order valence-electron chi connectivity index (χ4n) is 2.07. The smallest absolute Gasteiger partial charge is 0.373 e. The van der Waals surface area contributed by atoms with Crippen LogP contribution in [0.15, 0.2) is 22.6 Å². The SMILES string of the molecule is Cc1cccc([N+](=O)[O-])c1-c1nc(C(C)C)c(C(=O)O)o1. The maximum Gasteiger partial charge on any atom is 0.373 e. The molecule has 0 unspecified atom stereocenters. The van der Waals surface area contributed by atoms with Gasteiger partial charge in [0.25, 0.3) is 5.69 Å². The van der Waals surface area contributed by atoms with Crippen LogP contribution in [0.1, 0.15) is 41.6 Å². The van der Waals surface area contributed by atoms with Gasteiger partial charge in [-0.15, -0.1) is 0 Å². The number of aryl methyl sites for hydroxylation is 1. The number of hydrogen-bond acceptors (Lipinski definition) is 5. The number of benzene rings is 1. The summed E-state index contributed by atoms with van der Waals surface area (Å²) in [7, 11) is 0. The van der Waals surface area contributed by atoms with E-state index in [1.165, 1.54) is 6.07 Å². The van der Waals surface area contributed by atoms with Crippen molar-refractivity contribution in [2.24, 2.45) is 0 Å². The normalized spacial score (nSPS) is 10.9. The molecule has 0 bridgehead atoms. The predicted octanol–water partition coefficient (Wildman–Crippen LogP) is 3.38. The van der Waals surface area contributed by atoms with Crippen LogP contribution in [0.5, 0.6) is 0 Å². The summed E-state index contributed by atoms with van der Waals surface area (Å²) in [4.78, 5) is 25.9. The molecule has 0 saturated heterocycles. The van der Waals surface area contributed by atoms with Gasteiger partial charge < -0.3 is 9.52 Å². The van der Waals surface area contributed by atoms with E-state index in [1.54, 1.807) is 32.9 Å². The highest BCUT2D eigenvalue weighted by molar-refractivity contribution is 5.87. The standard InChI is InChI=1S/C14H14N2O5/c1-7(2)11-12(14(17)18)21-13(15-11)10-8(3)5-4-6-9(10)16(19)20/h4-7H,1-3H3,(H,17,18). The van der Waals surface area contributed by atoms with E-state index in [1.807, 2.05) is 0 Å². The van der Waals surface area contributed by atoms with Gasteiger partial charge in [-0.25, -0.2) is 9.78 Å². The quantitative estimate of drug-likeness (QED) is 0.683. The molecule has 0 spiro atoms. The average Bonchev–Trinajstić information content (AvgIpc) is 2.83. The molecule has 1 aromatic heterocycles. The van der Waals surface area contributed by atoms with Crippen LogP contribution >= 0.6 is 0 Å². The lowest BCUT2D eigenvalue weighted by atomic mass is 10.1. The Bertz CT molecular complexity index is 718. The summed E-state index contributed by atoms with van der Waals surface area (Å²) in [6.45, 7) is 5.24.